The number of anilines is 1. The number of benzene rings is 1. The Kier molecular flexibility index (Phi) is 5.21. The van der Waals surface area contributed by atoms with Crippen molar-refractivity contribution >= 4 is 39.1 Å². The minimum Gasteiger partial charge on any atom is -0.392 e. The van der Waals surface area contributed by atoms with Crippen molar-refractivity contribution in [2.75, 3.05) is 25.0 Å². The first-order chi connectivity index (χ1) is 9.04. The summed E-state index contributed by atoms with van der Waals surface area (Å²) in [5.41, 5.74) is 0.604. The van der Waals surface area contributed by atoms with Gasteiger partial charge in [0.25, 0.3) is 0 Å². The van der Waals surface area contributed by atoms with E-state index in [9.17, 15) is 9.90 Å². The number of aliphatic hydroxyl groups is 1. The van der Waals surface area contributed by atoms with E-state index in [0.717, 1.165) is 23.9 Å². The van der Waals surface area contributed by atoms with E-state index >= 15 is 0 Å². The summed E-state index contributed by atoms with van der Waals surface area (Å²) in [5.74, 6) is -0.113. The highest BCUT2D eigenvalue weighted by Gasteiger charge is 2.19. The first-order valence-electron chi connectivity index (χ1n) is 6.20. The normalized spacial score (nSPS) is 20.3. The van der Waals surface area contributed by atoms with Gasteiger partial charge in [-0.25, -0.2) is 0 Å². The number of β-amino-alcohol motifs (C(OH)–C–C–N with tert-alkyl or cyclic N) is 1. The zero-order valence-electron chi connectivity index (χ0n) is 10.4. The molecule has 2 N–H and O–H groups in total. The predicted octanol–water partition coefficient (Wildman–Crippen LogP) is 2.50. The van der Waals surface area contributed by atoms with Crippen molar-refractivity contribution in [3.05, 3.63) is 27.7 Å². The molecule has 0 unspecified atom stereocenters. The van der Waals surface area contributed by atoms with Crippen molar-refractivity contribution in [2.45, 2.75) is 18.9 Å². The van der Waals surface area contributed by atoms with Gasteiger partial charge in [0.2, 0.25) is 5.91 Å². The quantitative estimate of drug-likeness (QED) is 0.883. The second-order valence-corrected chi connectivity index (χ2v) is 6.03. The van der Waals surface area contributed by atoms with Crippen LogP contribution in [0.1, 0.15) is 12.8 Å². The zero-order valence-corrected chi connectivity index (χ0v) is 12.7. The Balaban J connectivity index is 1.90. The van der Waals surface area contributed by atoms with E-state index in [-0.39, 0.29) is 18.6 Å². The van der Waals surface area contributed by atoms with Crippen LogP contribution in [0.4, 0.5) is 5.69 Å². The van der Waals surface area contributed by atoms with Crippen LogP contribution in [0.3, 0.4) is 0 Å². The van der Waals surface area contributed by atoms with Gasteiger partial charge in [-0.1, -0.05) is 27.5 Å². The van der Waals surface area contributed by atoms with Gasteiger partial charge in [0.1, 0.15) is 0 Å². The van der Waals surface area contributed by atoms with E-state index in [1.54, 1.807) is 12.1 Å². The molecule has 104 valence electrons. The number of aliphatic hydroxyl groups excluding tert-OH is 1. The molecule has 1 atom stereocenters. The lowest BCUT2D eigenvalue weighted by Gasteiger charge is -2.29. The highest BCUT2D eigenvalue weighted by Crippen LogP contribution is 2.25. The highest BCUT2D eigenvalue weighted by molar-refractivity contribution is 9.10. The molecule has 1 aliphatic heterocycles. The molecule has 4 nitrogen and oxygen atoms in total. The van der Waals surface area contributed by atoms with Gasteiger partial charge >= 0.3 is 0 Å². The molecule has 1 aromatic rings. The molecule has 1 fully saturated rings. The average molecular weight is 348 g/mol. The molecular weight excluding hydrogens is 332 g/mol. The van der Waals surface area contributed by atoms with Crippen LogP contribution >= 0.6 is 27.5 Å². The van der Waals surface area contributed by atoms with Crippen molar-refractivity contribution in [2.24, 2.45) is 0 Å². The Morgan fingerprint density at radius 2 is 2.37 bits per heavy atom. The summed E-state index contributed by atoms with van der Waals surface area (Å²) in [6, 6.07) is 5.32. The molecule has 1 saturated heterocycles. The Morgan fingerprint density at radius 1 is 1.58 bits per heavy atom. The number of hydrogen-bond donors (Lipinski definition) is 2. The number of nitrogens with one attached hydrogen (secondary N) is 1. The van der Waals surface area contributed by atoms with E-state index < -0.39 is 0 Å². The fourth-order valence-corrected chi connectivity index (χ4v) is 2.88. The lowest BCUT2D eigenvalue weighted by Crippen LogP contribution is -2.42. The third-order valence-corrected chi connectivity index (χ3v) is 3.86. The smallest absolute Gasteiger partial charge is 0.238 e. The number of piperidine rings is 1. The topological polar surface area (TPSA) is 52.6 Å². The maximum absolute atomic E-state index is 11.9. The molecule has 1 heterocycles. The number of carbonyl (C=O) groups excluding carboxylic acids is 1. The van der Waals surface area contributed by atoms with Gasteiger partial charge < -0.3 is 10.4 Å². The minimum absolute atomic E-state index is 0.113. The van der Waals surface area contributed by atoms with Crippen LogP contribution in [0.2, 0.25) is 5.02 Å². The summed E-state index contributed by atoms with van der Waals surface area (Å²) in [5, 5.41) is 12.8. The van der Waals surface area contributed by atoms with Gasteiger partial charge in [0, 0.05) is 11.0 Å². The minimum atomic E-state index is -0.321. The Morgan fingerprint density at radius 3 is 3.05 bits per heavy atom. The third kappa shape index (κ3) is 4.45. The summed E-state index contributed by atoms with van der Waals surface area (Å²) < 4.78 is 0.870. The number of likely N-dealkylation sites (tertiary alicyclic amines) is 1. The first kappa shape index (κ1) is 14.8. The van der Waals surface area contributed by atoms with Gasteiger partial charge in [-0.3, -0.25) is 9.69 Å². The Labute approximate surface area is 125 Å². The van der Waals surface area contributed by atoms with Crippen LogP contribution < -0.4 is 5.32 Å². The number of hydrogen-bond acceptors (Lipinski definition) is 3. The largest absolute Gasteiger partial charge is 0.392 e. The second-order valence-electron chi connectivity index (χ2n) is 4.70. The van der Waals surface area contributed by atoms with Gasteiger partial charge in [0.05, 0.1) is 23.4 Å². The van der Waals surface area contributed by atoms with Crippen LogP contribution in [0.5, 0.6) is 0 Å². The monoisotopic (exact) mass is 346 g/mol. The van der Waals surface area contributed by atoms with Gasteiger partial charge in [-0.2, -0.15) is 0 Å². The van der Waals surface area contributed by atoms with Crippen LogP contribution in [0.15, 0.2) is 22.7 Å². The highest BCUT2D eigenvalue weighted by atomic mass is 79.9. The molecule has 6 heteroatoms. The van der Waals surface area contributed by atoms with Crippen LogP contribution in [0.25, 0.3) is 0 Å². The van der Waals surface area contributed by atoms with Crippen molar-refractivity contribution in [3.8, 4) is 0 Å². The Hall–Kier alpha value is -0.620. The summed E-state index contributed by atoms with van der Waals surface area (Å²) in [7, 11) is 0. The molecule has 0 aromatic heterocycles. The summed E-state index contributed by atoms with van der Waals surface area (Å²) in [6.45, 7) is 1.68. The number of amides is 1. The first-order valence-corrected chi connectivity index (χ1v) is 7.37. The number of nitrogens with zero attached hydrogens (tertiary/aromatic N) is 1. The molecule has 0 bridgehead atoms. The standard InChI is InChI=1S/C13H16BrClN2O2/c14-9-3-4-12(11(15)6-9)16-13(19)8-17-5-1-2-10(18)7-17/h3-4,6,10,18H,1-2,5,7-8H2,(H,16,19)/t10-/m0/s1. The molecule has 0 radical (unpaired) electrons. The lowest BCUT2D eigenvalue weighted by atomic mass is 10.1. The summed E-state index contributed by atoms with van der Waals surface area (Å²) in [6.07, 6.45) is 1.42. The van der Waals surface area contributed by atoms with Crippen LogP contribution in [-0.4, -0.2) is 41.7 Å². The maximum atomic E-state index is 11.9. The molecule has 0 aliphatic carbocycles. The second kappa shape index (κ2) is 6.70. The molecule has 1 aromatic carbocycles. The third-order valence-electron chi connectivity index (χ3n) is 3.05. The van der Waals surface area contributed by atoms with E-state index in [2.05, 4.69) is 21.2 Å². The maximum Gasteiger partial charge on any atom is 0.238 e. The molecule has 0 spiro atoms. The van der Waals surface area contributed by atoms with Crippen molar-refractivity contribution < 1.29 is 9.90 Å². The Bertz CT molecular complexity index is 470. The molecule has 1 aliphatic rings. The van der Waals surface area contributed by atoms with Crippen molar-refractivity contribution in [1.29, 1.82) is 0 Å². The fraction of sp³-hybridized carbons (Fsp3) is 0.462. The molecule has 1 amide bonds. The molecule has 2 rings (SSSR count). The molecular formula is C13H16BrClN2O2. The van der Waals surface area contributed by atoms with E-state index in [0.29, 0.717) is 17.3 Å². The van der Waals surface area contributed by atoms with E-state index in [4.69, 9.17) is 11.6 Å². The van der Waals surface area contributed by atoms with Gasteiger partial charge in [0.15, 0.2) is 0 Å². The summed E-state index contributed by atoms with van der Waals surface area (Å²) >= 11 is 9.36. The SMILES string of the molecule is O=C(CN1CCC[C@H](O)C1)Nc1ccc(Br)cc1Cl. The predicted molar refractivity (Wildman–Crippen MR) is 79.5 cm³/mol. The summed E-state index contributed by atoms with van der Waals surface area (Å²) in [4.78, 5) is 13.9. The van der Waals surface area contributed by atoms with E-state index in [1.807, 2.05) is 11.0 Å². The molecule has 19 heavy (non-hydrogen) atoms. The lowest BCUT2D eigenvalue weighted by molar-refractivity contribution is -0.118. The van der Waals surface area contributed by atoms with E-state index in [1.165, 1.54) is 0 Å². The van der Waals surface area contributed by atoms with Crippen LogP contribution in [0, 0.1) is 0 Å². The number of carbonyl (C=O) groups is 1. The van der Waals surface area contributed by atoms with Crippen molar-refractivity contribution in [1.82, 2.24) is 4.90 Å². The van der Waals surface area contributed by atoms with Gasteiger partial charge in [-0.05, 0) is 37.6 Å². The fourth-order valence-electron chi connectivity index (χ4n) is 2.16. The molecule has 0 saturated carbocycles. The van der Waals surface area contributed by atoms with Gasteiger partial charge in [-0.15, -0.1) is 0 Å². The number of rotatable bonds is 3. The van der Waals surface area contributed by atoms with Crippen LogP contribution in [-0.2, 0) is 4.79 Å². The zero-order chi connectivity index (χ0) is 13.8. The van der Waals surface area contributed by atoms with Crippen molar-refractivity contribution in [3.63, 3.8) is 0 Å². The average Bonchev–Trinajstić information content (AvgIpc) is 2.33. The number of halogens is 2.